The maximum atomic E-state index is 11.8. The van der Waals surface area contributed by atoms with Gasteiger partial charge in [-0.15, -0.1) is 0 Å². The Labute approximate surface area is 99.9 Å². The number of carbonyl (C=O) groups is 1. The van der Waals surface area contributed by atoms with E-state index in [4.69, 9.17) is 0 Å². The molecule has 2 fully saturated rings. The predicted molar refractivity (Wildman–Crippen MR) is 64.2 cm³/mol. The second-order valence-electron chi connectivity index (χ2n) is 4.28. The lowest BCUT2D eigenvalue weighted by Gasteiger charge is -2.33. The van der Waals surface area contributed by atoms with E-state index in [-0.39, 0.29) is 12.1 Å². The number of nitrogens with zero attached hydrogens (tertiary/aromatic N) is 1. The number of nitrogens with one attached hydrogen (secondary N) is 1. The molecule has 2 rings (SSSR count). The van der Waals surface area contributed by atoms with Crippen molar-refractivity contribution in [1.29, 1.82) is 0 Å². The van der Waals surface area contributed by atoms with Crippen LogP contribution in [0.2, 0.25) is 0 Å². The second kappa shape index (κ2) is 4.44. The molecule has 1 unspecified atom stereocenters. The van der Waals surface area contributed by atoms with Gasteiger partial charge in [0, 0.05) is 30.3 Å². The molecule has 1 N–H and O–H groups in total. The first-order chi connectivity index (χ1) is 7.48. The van der Waals surface area contributed by atoms with Crippen molar-refractivity contribution in [3.05, 3.63) is 0 Å². The molecule has 0 aromatic carbocycles. The number of amides is 2. The maximum Gasteiger partial charge on any atom is 0.318 e. The van der Waals surface area contributed by atoms with E-state index >= 15 is 0 Å². The zero-order valence-electron chi connectivity index (χ0n) is 9.18. The third kappa shape index (κ3) is 2.82. The summed E-state index contributed by atoms with van der Waals surface area (Å²) in [4.78, 5) is 13.3. The van der Waals surface area contributed by atoms with Crippen LogP contribution in [0.1, 0.15) is 12.8 Å². The molecule has 1 aliphatic carbocycles. The number of hydrogen-bond acceptors (Lipinski definition) is 4. The second-order valence-corrected chi connectivity index (χ2v) is 7.63. The lowest BCUT2D eigenvalue weighted by atomic mass is 10.5. The van der Waals surface area contributed by atoms with Crippen LogP contribution < -0.4 is 5.32 Å². The largest absolute Gasteiger partial charge is 0.335 e. The van der Waals surface area contributed by atoms with E-state index in [1.807, 2.05) is 0 Å². The van der Waals surface area contributed by atoms with Crippen LogP contribution in [0.4, 0.5) is 4.79 Å². The highest BCUT2D eigenvalue weighted by atomic mass is 32.2. The molecule has 7 heteroatoms. The van der Waals surface area contributed by atoms with Crippen molar-refractivity contribution in [2.24, 2.45) is 0 Å². The zero-order valence-corrected chi connectivity index (χ0v) is 10.8. The molecule has 1 saturated heterocycles. The highest BCUT2D eigenvalue weighted by Gasteiger charge is 2.36. The van der Waals surface area contributed by atoms with Crippen LogP contribution in [-0.4, -0.2) is 55.1 Å². The highest BCUT2D eigenvalue weighted by Crippen LogP contribution is 2.23. The lowest BCUT2D eigenvalue weighted by Crippen LogP contribution is -2.53. The smallest absolute Gasteiger partial charge is 0.318 e. The van der Waals surface area contributed by atoms with Crippen molar-refractivity contribution in [3.8, 4) is 0 Å². The Balaban J connectivity index is 2.06. The van der Waals surface area contributed by atoms with Crippen LogP contribution in [0.3, 0.4) is 0 Å². The molecular weight excluding hydrogens is 248 g/mol. The molecule has 1 heterocycles. The van der Waals surface area contributed by atoms with E-state index in [0.717, 1.165) is 18.6 Å². The molecule has 92 valence electrons. The topological polar surface area (TPSA) is 66.5 Å². The van der Waals surface area contributed by atoms with Gasteiger partial charge in [-0.05, 0) is 12.8 Å². The molecule has 1 atom stereocenters. The molecule has 0 aromatic heterocycles. The molecule has 2 amide bonds. The number of urea groups is 1. The number of hydrogen-bond donors (Lipinski definition) is 1. The summed E-state index contributed by atoms with van der Waals surface area (Å²) in [5, 5.41) is 2.18. The summed E-state index contributed by atoms with van der Waals surface area (Å²) in [5.74, 6) is 1.29. The third-order valence-corrected chi connectivity index (χ3v) is 5.39. The van der Waals surface area contributed by atoms with Crippen molar-refractivity contribution in [2.45, 2.75) is 24.3 Å². The average Bonchev–Trinajstić information content (AvgIpc) is 3.00. The van der Waals surface area contributed by atoms with Crippen molar-refractivity contribution in [1.82, 2.24) is 10.2 Å². The molecule has 0 spiro atoms. The Hall–Kier alpha value is -0.430. The number of rotatable bonds is 2. The quantitative estimate of drug-likeness (QED) is 0.778. The van der Waals surface area contributed by atoms with Crippen molar-refractivity contribution >= 4 is 27.6 Å². The van der Waals surface area contributed by atoms with Gasteiger partial charge in [-0.2, -0.15) is 11.8 Å². The minimum Gasteiger partial charge on any atom is -0.335 e. The standard InChI is InChI=1S/C9H16N2O3S2/c1-16(13,14)8-6-15-5-4-11(8)9(12)10-7-2-3-7/h7-8H,2-6H2,1H3,(H,10,12). The van der Waals surface area contributed by atoms with Gasteiger partial charge in [-0.1, -0.05) is 0 Å². The first kappa shape index (κ1) is 12.0. The average molecular weight is 264 g/mol. The van der Waals surface area contributed by atoms with E-state index in [2.05, 4.69) is 5.32 Å². The molecule has 0 bridgehead atoms. The molecule has 1 saturated carbocycles. The monoisotopic (exact) mass is 264 g/mol. The van der Waals surface area contributed by atoms with Gasteiger partial charge < -0.3 is 10.2 Å². The molecule has 2 aliphatic rings. The van der Waals surface area contributed by atoms with Gasteiger partial charge in [0.1, 0.15) is 5.37 Å². The molecule has 0 aromatic rings. The van der Waals surface area contributed by atoms with Crippen LogP contribution in [0.25, 0.3) is 0 Å². The van der Waals surface area contributed by atoms with Gasteiger partial charge in [-0.3, -0.25) is 0 Å². The number of thioether (sulfide) groups is 1. The molecule has 16 heavy (non-hydrogen) atoms. The van der Waals surface area contributed by atoms with Gasteiger partial charge in [-0.25, -0.2) is 13.2 Å². The van der Waals surface area contributed by atoms with Gasteiger partial charge >= 0.3 is 6.03 Å². The zero-order chi connectivity index (χ0) is 11.8. The van der Waals surface area contributed by atoms with Gasteiger partial charge in [0.05, 0.1) is 0 Å². The van der Waals surface area contributed by atoms with Crippen LogP contribution in [0, 0.1) is 0 Å². The van der Waals surface area contributed by atoms with Gasteiger partial charge in [0.15, 0.2) is 9.84 Å². The minimum absolute atomic E-state index is 0.224. The fraction of sp³-hybridized carbons (Fsp3) is 0.889. The fourth-order valence-corrected chi connectivity index (χ4v) is 4.47. The van der Waals surface area contributed by atoms with Crippen molar-refractivity contribution in [3.63, 3.8) is 0 Å². The normalized spacial score (nSPS) is 26.6. The summed E-state index contributed by atoms with van der Waals surface area (Å²) in [6.45, 7) is 0.515. The van der Waals surface area contributed by atoms with Crippen LogP contribution in [-0.2, 0) is 9.84 Å². The molecule has 5 nitrogen and oxygen atoms in total. The summed E-state index contributed by atoms with van der Waals surface area (Å²) in [6, 6.07) is 0.0421. The Morgan fingerprint density at radius 2 is 2.12 bits per heavy atom. The molecular formula is C9H16N2O3S2. The summed E-state index contributed by atoms with van der Waals surface area (Å²) < 4.78 is 23.1. The van der Waals surface area contributed by atoms with E-state index in [1.165, 1.54) is 11.2 Å². The van der Waals surface area contributed by atoms with Crippen molar-refractivity contribution in [2.75, 3.05) is 24.3 Å². The summed E-state index contributed by atoms with van der Waals surface area (Å²) in [6.07, 6.45) is 3.22. The first-order valence-electron chi connectivity index (χ1n) is 5.32. The van der Waals surface area contributed by atoms with Crippen LogP contribution in [0.15, 0.2) is 0 Å². The third-order valence-electron chi connectivity index (χ3n) is 2.74. The van der Waals surface area contributed by atoms with Gasteiger partial charge in [0.2, 0.25) is 0 Å². The Bertz CT molecular complexity index is 378. The maximum absolute atomic E-state index is 11.8. The summed E-state index contributed by atoms with van der Waals surface area (Å²) >= 11 is 1.58. The molecule has 0 radical (unpaired) electrons. The van der Waals surface area contributed by atoms with Crippen LogP contribution in [0.5, 0.6) is 0 Å². The lowest BCUT2D eigenvalue weighted by molar-refractivity contribution is 0.196. The Morgan fingerprint density at radius 1 is 1.44 bits per heavy atom. The SMILES string of the molecule is CS(=O)(=O)C1CSCCN1C(=O)NC1CC1. The van der Waals surface area contributed by atoms with E-state index in [9.17, 15) is 13.2 Å². The summed E-state index contributed by atoms with van der Waals surface area (Å²) in [7, 11) is -3.19. The minimum atomic E-state index is -3.19. The fourth-order valence-electron chi connectivity index (χ4n) is 1.65. The van der Waals surface area contributed by atoms with Crippen LogP contribution >= 0.6 is 11.8 Å². The summed E-state index contributed by atoms with van der Waals surface area (Å²) in [5.41, 5.74) is 0. The predicted octanol–water partition coefficient (Wildman–Crippen LogP) is 0.278. The first-order valence-corrected chi connectivity index (χ1v) is 8.43. The Kier molecular flexibility index (Phi) is 3.34. The number of sulfone groups is 1. The highest BCUT2D eigenvalue weighted by molar-refractivity contribution is 8.00. The van der Waals surface area contributed by atoms with E-state index < -0.39 is 15.2 Å². The van der Waals surface area contributed by atoms with E-state index in [0.29, 0.717) is 12.3 Å². The van der Waals surface area contributed by atoms with Crippen molar-refractivity contribution < 1.29 is 13.2 Å². The van der Waals surface area contributed by atoms with E-state index in [1.54, 1.807) is 11.8 Å². The Morgan fingerprint density at radius 3 is 2.69 bits per heavy atom. The number of carbonyl (C=O) groups excluding carboxylic acids is 1. The molecule has 1 aliphatic heterocycles. The van der Waals surface area contributed by atoms with Gasteiger partial charge in [0.25, 0.3) is 0 Å².